The van der Waals surface area contributed by atoms with Gasteiger partial charge in [-0.1, -0.05) is 11.6 Å². The van der Waals surface area contributed by atoms with Crippen LogP contribution < -0.4 is 10.6 Å². The van der Waals surface area contributed by atoms with Gasteiger partial charge in [0.15, 0.2) is 0 Å². The SMILES string of the molecule is O=CNc1ccc(Cl)c(C(=O)NC2CC(F)(F)C2)c1. The van der Waals surface area contributed by atoms with E-state index < -0.39 is 17.9 Å². The van der Waals surface area contributed by atoms with Gasteiger partial charge in [-0.3, -0.25) is 9.59 Å². The average molecular weight is 289 g/mol. The van der Waals surface area contributed by atoms with Crippen molar-refractivity contribution in [3.05, 3.63) is 28.8 Å². The topological polar surface area (TPSA) is 58.2 Å². The molecule has 1 fully saturated rings. The Bertz CT molecular complexity index is 514. The van der Waals surface area contributed by atoms with Gasteiger partial charge >= 0.3 is 0 Å². The molecule has 0 saturated heterocycles. The molecule has 1 aliphatic carbocycles. The summed E-state index contributed by atoms with van der Waals surface area (Å²) in [5.41, 5.74) is 0.548. The zero-order chi connectivity index (χ0) is 14.0. The fourth-order valence-corrected chi connectivity index (χ4v) is 2.09. The Morgan fingerprint density at radius 3 is 2.68 bits per heavy atom. The number of nitrogens with one attached hydrogen (secondary N) is 2. The van der Waals surface area contributed by atoms with E-state index in [-0.39, 0.29) is 23.4 Å². The number of amides is 2. The number of rotatable bonds is 4. The Morgan fingerprint density at radius 2 is 2.11 bits per heavy atom. The molecule has 2 rings (SSSR count). The fourth-order valence-electron chi connectivity index (χ4n) is 1.88. The maximum atomic E-state index is 12.7. The lowest BCUT2D eigenvalue weighted by Crippen LogP contribution is -2.50. The molecule has 1 aromatic rings. The molecule has 0 unspecified atom stereocenters. The minimum absolute atomic E-state index is 0.142. The third-order valence-electron chi connectivity index (χ3n) is 2.86. The number of carbonyl (C=O) groups excluding carboxylic acids is 2. The zero-order valence-corrected chi connectivity index (χ0v) is 10.5. The van der Waals surface area contributed by atoms with Gasteiger partial charge in [0.2, 0.25) is 6.41 Å². The van der Waals surface area contributed by atoms with Crippen LogP contribution >= 0.6 is 11.6 Å². The second kappa shape index (κ2) is 5.13. The molecule has 0 aliphatic heterocycles. The Hall–Kier alpha value is -1.69. The van der Waals surface area contributed by atoms with Gasteiger partial charge in [-0.25, -0.2) is 8.78 Å². The number of halogens is 3. The maximum Gasteiger partial charge on any atom is 0.253 e. The lowest BCUT2D eigenvalue weighted by Gasteiger charge is -2.35. The van der Waals surface area contributed by atoms with Gasteiger partial charge in [-0.15, -0.1) is 0 Å². The van der Waals surface area contributed by atoms with E-state index >= 15 is 0 Å². The first-order chi connectivity index (χ1) is 8.91. The average Bonchev–Trinajstić information content (AvgIpc) is 2.29. The summed E-state index contributed by atoms with van der Waals surface area (Å²) in [7, 11) is 0. The fraction of sp³-hybridized carbons (Fsp3) is 0.333. The van der Waals surface area contributed by atoms with Crippen molar-refractivity contribution in [3.63, 3.8) is 0 Å². The summed E-state index contributed by atoms with van der Waals surface area (Å²) in [5, 5.41) is 5.06. The van der Waals surface area contributed by atoms with E-state index in [0.29, 0.717) is 12.1 Å². The normalized spacial score (nSPS) is 17.4. The summed E-state index contributed by atoms with van der Waals surface area (Å²) in [6.45, 7) is 0. The van der Waals surface area contributed by atoms with Crippen LogP contribution in [0.1, 0.15) is 23.2 Å². The van der Waals surface area contributed by atoms with Crippen LogP contribution in [0.3, 0.4) is 0 Å². The van der Waals surface area contributed by atoms with Crippen molar-refractivity contribution in [3.8, 4) is 0 Å². The van der Waals surface area contributed by atoms with Crippen LogP contribution in [0.4, 0.5) is 14.5 Å². The predicted molar refractivity (Wildman–Crippen MR) is 66.6 cm³/mol. The molecule has 0 atom stereocenters. The third kappa shape index (κ3) is 3.20. The number of alkyl halides is 2. The molecule has 19 heavy (non-hydrogen) atoms. The summed E-state index contributed by atoms with van der Waals surface area (Å²) in [5.74, 6) is -3.22. The van der Waals surface area contributed by atoms with Gasteiger partial charge in [0.1, 0.15) is 0 Å². The molecule has 1 aliphatic rings. The smallest absolute Gasteiger partial charge is 0.253 e. The largest absolute Gasteiger partial charge is 0.349 e. The Balaban J connectivity index is 2.06. The van der Waals surface area contributed by atoms with Crippen molar-refractivity contribution in [1.82, 2.24) is 5.32 Å². The van der Waals surface area contributed by atoms with E-state index in [0.717, 1.165) is 0 Å². The van der Waals surface area contributed by atoms with Gasteiger partial charge in [0.05, 0.1) is 10.6 Å². The highest BCUT2D eigenvalue weighted by atomic mass is 35.5. The molecule has 4 nitrogen and oxygen atoms in total. The van der Waals surface area contributed by atoms with Crippen LogP contribution in [-0.2, 0) is 4.79 Å². The summed E-state index contributed by atoms with van der Waals surface area (Å²) < 4.78 is 25.3. The Morgan fingerprint density at radius 1 is 1.42 bits per heavy atom. The van der Waals surface area contributed by atoms with Crippen molar-refractivity contribution >= 4 is 29.6 Å². The summed E-state index contributed by atoms with van der Waals surface area (Å²) in [6, 6.07) is 3.84. The van der Waals surface area contributed by atoms with Gasteiger partial charge in [-0.2, -0.15) is 0 Å². The number of benzene rings is 1. The van der Waals surface area contributed by atoms with Gasteiger partial charge in [0.25, 0.3) is 11.8 Å². The monoisotopic (exact) mass is 288 g/mol. The lowest BCUT2D eigenvalue weighted by molar-refractivity contribution is -0.105. The maximum absolute atomic E-state index is 12.7. The molecule has 1 saturated carbocycles. The van der Waals surface area contributed by atoms with E-state index in [9.17, 15) is 18.4 Å². The van der Waals surface area contributed by atoms with Gasteiger partial charge < -0.3 is 10.6 Å². The number of anilines is 1. The summed E-state index contributed by atoms with van der Waals surface area (Å²) in [4.78, 5) is 22.2. The van der Waals surface area contributed by atoms with Crippen LogP contribution in [0.5, 0.6) is 0 Å². The highest BCUT2D eigenvalue weighted by Crippen LogP contribution is 2.37. The number of hydrogen-bond donors (Lipinski definition) is 2. The highest BCUT2D eigenvalue weighted by molar-refractivity contribution is 6.34. The minimum atomic E-state index is -2.69. The predicted octanol–water partition coefficient (Wildman–Crippen LogP) is 2.44. The molecular formula is C12H11ClF2N2O2. The molecule has 0 spiro atoms. The molecule has 2 N–H and O–H groups in total. The van der Waals surface area contributed by atoms with Crippen LogP contribution in [0.15, 0.2) is 18.2 Å². The van der Waals surface area contributed by atoms with Crippen molar-refractivity contribution in [2.24, 2.45) is 0 Å². The van der Waals surface area contributed by atoms with Crippen LogP contribution in [0, 0.1) is 0 Å². The van der Waals surface area contributed by atoms with Crippen LogP contribution in [0.25, 0.3) is 0 Å². The first-order valence-corrected chi connectivity index (χ1v) is 5.97. The van der Waals surface area contributed by atoms with E-state index in [1.165, 1.54) is 18.2 Å². The lowest BCUT2D eigenvalue weighted by atomic mass is 9.88. The Labute approximate surface area is 113 Å². The first kappa shape index (κ1) is 13.7. The van der Waals surface area contributed by atoms with Crippen LogP contribution in [0.2, 0.25) is 5.02 Å². The van der Waals surface area contributed by atoms with E-state index in [4.69, 9.17) is 11.6 Å². The second-order valence-electron chi connectivity index (χ2n) is 4.39. The molecule has 7 heteroatoms. The number of hydrogen-bond acceptors (Lipinski definition) is 2. The molecule has 2 amide bonds. The minimum Gasteiger partial charge on any atom is -0.349 e. The standard InChI is InChI=1S/C12H11ClF2N2O2/c13-10-2-1-7(16-6-18)3-9(10)11(19)17-8-4-12(14,15)5-8/h1-3,6,8H,4-5H2,(H,16,18)(H,17,19). The molecule has 0 aromatic heterocycles. The van der Waals surface area contributed by atoms with Crippen molar-refractivity contribution in [1.29, 1.82) is 0 Å². The molecule has 0 radical (unpaired) electrons. The molecule has 1 aromatic carbocycles. The van der Waals surface area contributed by atoms with Gasteiger partial charge in [0, 0.05) is 24.6 Å². The number of carbonyl (C=O) groups is 2. The first-order valence-electron chi connectivity index (χ1n) is 5.60. The second-order valence-corrected chi connectivity index (χ2v) is 4.80. The summed E-state index contributed by atoms with van der Waals surface area (Å²) in [6.07, 6.45) is -0.247. The molecule has 102 valence electrons. The van der Waals surface area contributed by atoms with E-state index in [1.54, 1.807) is 0 Å². The molecule has 0 bridgehead atoms. The highest BCUT2D eigenvalue weighted by Gasteiger charge is 2.46. The molecule has 0 heterocycles. The van der Waals surface area contributed by atoms with Gasteiger partial charge in [-0.05, 0) is 18.2 Å². The quantitative estimate of drug-likeness (QED) is 0.836. The summed E-state index contributed by atoms with van der Waals surface area (Å²) >= 11 is 5.87. The van der Waals surface area contributed by atoms with Crippen molar-refractivity contribution in [2.75, 3.05) is 5.32 Å². The zero-order valence-electron chi connectivity index (χ0n) is 9.75. The Kier molecular flexibility index (Phi) is 3.71. The van der Waals surface area contributed by atoms with E-state index in [1.807, 2.05) is 0 Å². The van der Waals surface area contributed by atoms with Crippen molar-refractivity contribution < 1.29 is 18.4 Å². The van der Waals surface area contributed by atoms with Crippen LogP contribution in [-0.4, -0.2) is 24.3 Å². The molecular weight excluding hydrogens is 278 g/mol. The third-order valence-corrected chi connectivity index (χ3v) is 3.19. The van der Waals surface area contributed by atoms with E-state index in [2.05, 4.69) is 10.6 Å². The van der Waals surface area contributed by atoms with Crippen molar-refractivity contribution in [2.45, 2.75) is 24.8 Å².